The van der Waals surface area contributed by atoms with Crippen LogP contribution in [0.15, 0.2) is 72.8 Å². The molecule has 8 nitrogen and oxygen atoms in total. The van der Waals surface area contributed by atoms with Gasteiger partial charge in [-0.3, -0.25) is 14.5 Å². The molecule has 3 aromatic carbocycles. The molecule has 2 amide bonds. The Morgan fingerprint density at radius 2 is 1.62 bits per heavy atom. The van der Waals surface area contributed by atoms with Gasteiger partial charge < -0.3 is 24.1 Å². The molecule has 0 unspecified atom stereocenters. The van der Waals surface area contributed by atoms with Gasteiger partial charge in [-0.25, -0.2) is 0 Å². The molecule has 0 aromatic heterocycles. The van der Waals surface area contributed by atoms with E-state index in [0.29, 0.717) is 28.7 Å². The first-order valence-electron chi connectivity index (χ1n) is 16.4. The topological polar surface area (TPSA) is 106 Å². The van der Waals surface area contributed by atoms with E-state index in [1.807, 2.05) is 72.0 Å². The molecule has 6 rings (SSSR count). The third-order valence-corrected chi connectivity index (χ3v) is 16.3. The van der Waals surface area contributed by atoms with Crippen LogP contribution in [0.2, 0.25) is 5.04 Å². The average molecular weight is 770 g/mol. The molecular formula is C37H44INO7Si. The fourth-order valence-corrected chi connectivity index (χ4v) is 13.5. The van der Waals surface area contributed by atoms with Crippen LogP contribution in [0.4, 0.5) is 0 Å². The van der Waals surface area contributed by atoms with Crippen molar-refractivity contribution in [2.75, 3.05) is 20.3 Å². The summed E-state index contributed by atoms with van der Waals surface area (Å²) in [5.74, 6) is -4.17. The Morgan fingerprint density at radius 1 is 1.00 bits per heavy atom. The first-order valence-corrected chi connectivity index (χ1v) is 19.4. The number of halogens is 1. The smallest absolute Gasteiger partial charge is 0.261 e. The van der Waals surface area contributed by atoms with Crippen LogP contribution < -0.4 is 15.1 Å². The van der Waals surface area contributed by atoms with Gasteiger partial charge in [0.1, 0.15) is 0 Å². The number of ether oxygens (including phenoxy) is 2. The second-order valence-electron chi connectivity index (χ2n) is 14.1. The Hall–Kier alpha value is -2.77. The van der Waals surface area contributed by atoms with Gasteiger partial charge in [0, 0.05) is 25.0 Å². The van der Waals surface area contributed by atoms with Gasteiger partial charge in [0.2, 0.25) is 11.8 Å². The quantitative estimate of drug-likeness (QED) is 0.171. The Bertz CT molecular complexity index is 1590. The second-order valence-corrected chi connectivity index (χ2v) is 19.6. The van der Waals surface area contributed by atoms with E-state index in [2.05, 4.69) is 45.0 Å². The summed E-state index contributed by atoms with van der Waals surface area (Å²) in [4.78, 5) is 29.0. The van der Waals surface area contributed by atoms with Crippen LogP contribution in [0, 0.1) is 27.2 Å². The summed E-state index contributed by atoms with van der Waals surface area (Å²) in [5.41, 5.74) is 0.734. The highest BCUT2D eigenvalue weighted by Gasteiger charge is 2.67. The zero-order valence-electron chi connectivity index (χ0n) is 27.6. The van der Waals surface area contributed by atoms with Gasteiger partial charge in [0.15, 0.2) is 17.3 Å². The normalized spacial score (nSPS) is 27.6. The number of hydrogen-bond donors (Lipinski definition) is 2. The maximum Gasteiger partial charge on any atom is 0.261 e. The predicted octanol–water partition coefficient (Wildman–Crippen LogP) is 5.38. The lowest BCUT2D eigenvalue weighted by Crippen LogP contribution is -2.67. The molecule has 3 aromatic rings. The van der Waals surface area contributed by atoms with Crippen molar-refractivity contribution in [3.63, 3.8) is 0 Å². The van der Waals surface area contributed by atoms with Gasteiger partial charge in [-0.15, -0.1) is 0 Å². The number of nitrogens with zero attached hydrogens (tertiary/aromatic N) is 1. The largest absolute Gasteiger partial charge is 0.504 e. The number of rotatable bonds is 9. The van der Waals surface area contributed by atoms with E-state index in [-0.39, 0.29) is 35.6 Å². The minimum Gasteiger partial charge on any atom is -0.504 e. The SMILES string of the molecule is CCCN1C(=O)[C@H]2[C@H](C[C@H](CO[Si](c3ccccc3)(c3ccccc3)C(C)(C)C)[C@@]3(O)O[C@H](c4cc(I)c(O)c(OC)c4)C[C@@H]23)C1=O. The molecule has 1 aliphatic carbocycles. The van der Waals surface area contributed by atoms with Crippen molar-refractivity contribution in [1.29, 1.82) is 0 Å². The molecule has 0 bridgehead atoms. The van der Waals surface area contributed by atoms with Crippen molar-refractivity contribution in [3.8, 4) is 11.5 Å². The molecule has 0 radical (unpaired) electrons. The van der Waals surface area contributed by atoms with Gasteiger partial charge in [-0.2, -0.15) is 0 Å². The number of aromatic hydroxyl groups is 1. The molecule has 0 spiro atoms. The molecule has 47 heavy (non-hydrogen) atoms. The number of aliphatic hydroxyl groups is 1. The van der Waals surface area contributed by atoms with Crippen LogP contribution in [0.1, 0.15) is 58.6 Å². The number of amides is 2. The van der Waals surface area contributed by atoms with Crippen molar-refractivity contribution in [2.45, 2.75) is 63.9 Å². The zero-order chi connectivity index (χ0) is 33.7. The standard InChI is InChI=1S/C37H44INO7Si/c1-6-17-39-34(41)27-20-24(22-45-47(36(2,3)4,25-13-9-7-10-14-25)26-15-11-8-12-16-26)37(43)28(32(27)35(39)42)21-30(46-37)23-18-29(38)33(40)31(19-23)44-5/h7-16,18-19,24,27-28,30,32,40,43H,6,17,20-22H2,1-5H3/t24-,27+,28+,30+,32+,37-/m1/s1. The number of imide groups is 1. The summed E-state index contributed by atoms with van der Waals surface area (Å²) in [5, 5.41) is 25.2. The van der Waals surface area contributed by atoms with Gasteiger partial charge in [-0.1, -0.05) is 88.4 Å². The van der Waals surface area contributed by atoms with E-state index < -0.39 is 43.9 Å². The van der Waals surface area contributed by atoms with Crippen LogP contribution in [-0.2, 0) is 18.8 Å². The average Bonchev–Trinajstić information content (AvgIpc) is 3.53. The fraction of sp³-hybridized carbons (Fsp3) is 0.459. The van der Waals surface area contributed by atoms with Gasteiger partial charge in [-0.05, 0) is 75.0 Å². The van der Waals surface area contributed by atoms with Crippen LogP contribution in [0.5, 0.6) is 11.5 Å². The Kier molecular flexibility index (Phi) is 9.38. The number of hydrogen-bond acceptors (Lipinski definition) is 7. The van der Waals surface area contributed by atoms with Crippen molar-refractivity contribution in [1.82, 2.24) is 4.90 Å². The highest BCUT2D eigenvalue weighted by molar-refractivity contribution is 14.1. The van der Waals surface area contributed by atoms with Crippen LogP contribution in [0.25, 0.3) is 0 Å². The highest BCUT2D eigenvalue weighted by atomic mass is 127. The number of phenols is 1. The van der Waals surface area contributed by atoms with Crippen LogP contribution in [-0.4, -0.2) is 61.3 Å². The third kappa shape index (κ3) is 5.63. The highest BCUT2D eigenvalue weighted by Crippen LogP contribution is 2.59. The molecule has 2 heterocycles. The minimum absolute atomic E-state index is 0.0365. The van der Waals surface area contributed by atoms with Crippen molar-refractivity contribution >= 4 is 53.1 Å². The molecule has 3 aliphatic rings. The summed E-state index contributed by atoms with van der Waals surface area (Å²) < 4.78 is 20.0. The number of benzene rings is 3. The number of fused-ring (bicyclic) bond motifs is 3. The Balaban J connectivity index is 1.43. The van der Waals surface area contributed by atoms with E-state index in [4.69, 9.17) is 13.9 Å². The van der Waals surface area contributed by atoms with Crippen molar-refractivity contribution < 1.29 is 33.7 Å². The first-order chi connectivity index (χ1) is 22.4. The summed E-state index contributed by atoms with van der Waals surface area (Å²) in [6, 6.07) is 24.2. The lowest BCUT2D eigenvalue weighted by molar-refractivity contribution is -0.273. The van der Waals surface area contributed by atoms with E-state index >= 15 is 0 Å². The molecular weight excluding hydrogens is 725 g/mol. The lowest BCUT2D eigenvalue weighted by Gasteiger charge is -2.48. The molecule has 2 saturated heterocycles. The van der Waals surface area contributed by atoms with Crippen LogP contribution in [0.3, 0.4) is 0 Å². The maximum absolute atomic E-state index is 13.9. The Morgan fingerprint density at radius 3 is 2.17 bits per heavy atom. The molecule has 1 saturated carbocycles. The van der Waals surface area contributed by atoms with Gasteiger partial charge in [0.25, 0.3) is 8.32 Å². The number of carbonyl (C=O) groups excluding carboxylic acids is 2. The summed E-state index contributed by atoms with van der Waals surface area (Å²) >= 11 is 2.05. The van der Waals surface area contributed by atoms with Crippen LogP contribution >= 0.6 is 22.6 Å². The maximum atomic E-state index is 13.9. The zero-order valence-corrected chi connectivity index (χ0v) is 30.8. The predicted molar refractivity (Wildman–Crippen MR) is 190 cm³/mol. The molecule has 6 atom stereocenters. The number of methoxy groups -OCH3 is 1. The monoisotopic (exact) mass is 769 g/mol. The lowest BCUT2D eigenvalue weighted by atomic mass is 9.64. The molecule has 3 fully saturated rings. The number of phenolic OH excluding ortho intramolecular Hbond substituents is 1. The van der Waals surface area contributed by atoms with Crippen molar-refractivity contribution in [2.24, 2.45) is 23.7 Å². The van der Waals surface area contributed by atoms with E-state index in [1.54, 1.807) is 6.07 Å². The molecule has 250 valence electrons. The molecule has 2 aliphatic heterocycles. The Labute approximate surface area is 291 Å². The van der Waals surface area contributed by atoms with Gasteiger partial charge in [0.05, 0.1) is 28.6 Å². The summed E-state index contributed by atoms with van der Waals surface area (Å²) in [7, 11) is -1.49. The number of carbonyl (C=O) groups is 2. The minimum atomic E-state index is -2.98. The van der Waals surface area contributed by atoms with E-state index in [9.17, 15) is 19.8 Å². The van der Waals surface area contributed by atoms with Crippen molar-refractivity contribution in [3.05, 3.63) is 81.9 Å². The third-order valence-electron chi connectivity index (χ3n) is 10.5. The van der Waals surface area contributed by atoms with E-state index in [0.717, 1.165) is 15.9 Å². The molecule has 10 heteroatoms. The fourth-order valence-electron chi connectivity index (χ4n) is 8.31. The number of likely N-dealkylation sites (tertiary alicyclic amines) is 1. The second kappa shape index (κ2) is 12.9. The molecule has 2 N–H and O–H groups in total. The van der Waals surface area contributed by atoms with E-state index in [1.165, 1.54) is 12.0 Å². The van der Waals surface area contributed by atoms with Gasteiger partial charge >= 0.3 is 0 Å². The first kappa shape index (κ1) is 34.1. The summed E-state index contributed by atoms with van der Waals surface area (Å²) in [6.07, 6.45) is 0.711. The summed E-state index contributed by atoms with van der Waals surface area (Å²) in [6.45, 7) is 9.08.